The van der Waals surface area contributed by atoms with Gasteiger partial charge < -0.3 is 24.6 Å². The number of ether oxygens (including phenoxy) is 2. The standard InChI is InChI=1S/C25H28N4O4S/c1-2-28-11-13-29(14-12-28)22-7-5-20(6-8-22)27-24(30)16-33-25(31)19-3-9-23(10-4-19)32-15-21-17-34-18-26-21/h3-10,17-18H,2,11-16H2,1H3,(H,27,30). The number of benzene rings is 2. The van der Waals surface area contributed by atoms with Gasteiger partial charge in [0.15, 0.2) is 6.61 Å². The summed E-state index contributed by atoms with van der Waals surface area (Å²) < 4.78 is 10.8. The van der Waals surface area contributed by atoms with E-state index in [-0.39, 0.29) is 12.5 Å². The van der Waals surface area contributed by atoms with E-state index in [1.54, 1.807) is 29.8 Å². The molecule has 0 atom stereocenters. The lowest BCUT2D eigenvalue weighted by atomic mass is 10.2. The molecule has 9 heteroatoms. The minimum atomic E-state index is -0.567. The fraction of sp³-hybridized carbons (Fsp3) is 0.320. The van der Waals surface area contributed by atoms with Gasteiger partial charge in [-0.05, 0) is 55.1 Å². The molecule has 0 saturated carbocycles. The van der Waals surface area contributed by atoms with E-state index in [9.17, 15) is 9.59 Å². The third-order valence-electron chi connectivity index (χ3n) is 5.63. The van der Waals surface area contributed by atoms with Gasteiger partial charge in [0.25, 0.3) is 5.91 Å². The highest BCUT2D eigenvalue weighted by Gasteiger charge is 2.16. The first-order valence-electron chi connectivity index (χ1n) is 11.2. The van der Waals surface area contributed by atoms with Crippen molar-refractivity contribution in [2.45, 2.75) is 13.5 Å². The van der Waals surface area contributed by atoms with Gasteiger partial charge in [0.1, 0.15) is 12.4 Å². The molecule has 0 radical (unpaired) electrons. The molecule has 8 nitrogen and oxygen atoms in total. The Kier molecular flexibility index (Phi) is 8.11. The summed E-state index contributed by atoms with van der Waals surface area (Å²) in [7, 11) is 0. The maximum atomic E-state index is 12.3. The smallest absolute Gasteiger partial charge is 0.338 e. The number of aromatic nitrogens is 1. The van der Waals surface area contributed by atoms with Gasteiger partial charge in [-0.2, -0.15) is 0 Å². The number of carbonyl (C=O) groups is 2. The van der Waals surface area contributed by atoms with E-state index in [2.05, 4.69) is 27.0 Å². The molecule has 1 saturated heterocycles. The lowest BCUT2D eigenvalue weighted by Gasteiger charge is -2.35. The molecule has 1 aliphatic heterocycles. The van der Waals surface area contributed by atoms with Crippen molar-refractivity contribution in [2.75, 3.05) is 49.5 Å². The van der Waals surface area contributed by atoms with Crippen LogP contribution in [0.3, 0.4) is 0 Å². The zero-order valence-electron chi connectivity index (χ0n) is 19.1. The highest BCUT2D eigenvalue weighted by atomic mass is 32.1. The Bertz CT molecular complexity index is 1060. The van der Waals surface area contributed by atoms with Crippen molar-refractivity contribution in [2.24, 2.45) is 0 Å². The number of likely N-dealkylation sites (N-methyl/N-ethyl adjacent to an activating group) is 1. The van der Waals surface area contributed by atoms with Gasteiger partial charge in [0, 0.05) is 42.9 Å². The van der Waals surface area contributed by atoms with Crippen LogP contribution in [0, 0.1) is 0 Å². The van der Waals surface area contributed by atoms with Crippen LogP contribution in [0.5, 0.6) is 5.75 Å². The third-order valence-corrected chi connectivity index (χ3v) is 6.27. The number of nitrogens with one attached hydrogen (secondary N) is 1. The van der Waals surface area contributed by atoms with Gasteiger partial charge in [0.2, 0.25) is 0 Å². The van der Waals surface area contributed by atoms with E-state index in [1.807, 2.05) is 29.6 Å². The summed E-state index contributed by atoms with van der Waals surface area (Å²) in [4.78, 5) is 33.4. The first kappa shape index (κ1) is 23.7. The number of amides is 1. The molecule has 3 aromatic rings. The summed E-state index contributed by atoms with van der Waals surface area (Å²) in [6.07, 6.45) is 0. The largest absolute Gasteiger partial charge is 0.487 e. The summed E-state index contributed by atoms with van der Waals surface area (Å²) >= 11 is 1.51. The topological polar surface area (TPSA) is 84.0 Å². The van der Waals surface area contributed by atoms with Gasteiger partial charge in [-0.3, -0.25) is 4.79 Å². The number of nitrogens with zero attached hydrogens (tertiary/aromatic N) is 3. The number of rotatable bonds is 9. The maximum Gasteiger partial charge on any atom is 0.338 e. The molecule has 1 aromatic heterocycles. The van der Waals surface area contributed by atoms with Crippen LogP contribution in [0.2, 0.25) is 0 Å². The van der Waals surface area contributed by atoms with Crippen molar-refractivity contribution in [1.29, 1.82) is 0 Å². The Morgan fingerprint density at radius 2 is 1.76 bits per heavy atom. The Balaban J connectivity index is 1.20. The Labute approximate surface area is 203 Å². The van der Waals surface area contributed by atoms with E-state index in [0.29, 0.717) is 23.6 Å². The highest BCUT2D eigenvalue weighted by Crippen LogP contribution is 2.20. The minimum Gasteiger partial charge on any atom is -0.487 e. The molecule has 1 amide bonds. The van der Waals surface area contributed by atoms with Crippen molar-refractivity contribution < 1.29 is 19.1 Å². The normalized spacial score (nSPS) is 14.0. The Morgan fingerprint density at radius 1 is 1.03 bits per heavy atom. The predicted molar refractivity (Wildman–Crippen MR) is 133 cm³/mol. The van der Waals surface area contributed by atoms with Crippen molar-refractivity contribution in [3.8, 4) is 5.75 Å². The van der Waals surface area contributed by atoms with Gasteiger partial charge in [-0.25, -0.2) is 9.78 Å². The zero-order chi connectivity index (χ0) is 23.8. The van der Waals surface area contributed by atoms with Crippen LogP contribution in [0.15, 0.2) is 59.4 Å². The SMILES string of the molecule is CCN1CCN(c2ccc(NC(=O)COC(=O)c3ccc(OCc4cscn4)cc3)cc2)CC1. The minimum absolute atomic E-state index is 0.348. The second-order valence-corrected chi connectivity index (χ2v) is 8.60. The van der Waals surface area contributed by atoms with E-state index in [4.69, 9.17) is 9.47 Å². The summed E-state index contributed by atoms with van der Waals surface area (Å²) in [5.74, 6) is -0.332. The summed E-state index contributed by atoms with van der Waals surface area (Å²) in [6, 6.07) is 14.3. The second kappa shape index (κ2) is 11.6. The van der Waals surface area contributed by atoms with Crippen molar-refractivity contribution >= 4 is 34.6 Å². The van der Waals surface area contributed by atoms with Crippen molar-refractivity contribution in [3.63, 3.8) is 0 Å². The quantitative estimate of drug-likeness (QED) is 0.468. The van der Waals surface area contributed by atoms with Crippen LogP contribution >= 0.6 is 11.3 Å². The van der Waals surface area contributed by atoms with Crippen molar-refractivity contribution in [1.82, 2.24) is 9.88 Å². The summed E-state index contributed by atoms with van der Waals surface area (Å²) in [5, 5.41) is 4.68. The van der Waals surface area contributed by atoms with E-state index >= 15 is 0 Å². The molecule has 2 aromatic carbocycles. The number of esters is 1. The number of hydrogen-bond acceptors (Lipinski definition) is 8. The number of thiazole rings is 1. The fourth-order valence-electron chi connectivity index (χ4n) is 3.64. The van der Waals surface area contributed by atoms with E-state index in [0.717, 1.165) is 44.1 Å². The third kappa shape index (κ3) is 6.55. The van der Waals surface area contributed by atoms with Gasteiger partial charge in [-0.15, -0.1) is 11.3 Å². The highest BCUT2D eigenvalue weighted by molar-refractivity contribution is 7.07. The molecule has 4 rings (SSSR count). The van der Waals surface area contributed by atoms with Crippen LogP contribution in [0.1, 0.15) is 23.0 Å². The van der Waals surface area contributed by atoms with Crippen LogP contribution in [0.4, 0.5) is 11.4 Å². The zero-order valence-corrected chi connectivity index (χ0v) is 19.9. The predicted octanol–water partition coefficient (Wildman–Crippen LogP) is 3.66. The number of piperazine rings is 1. The van der Waals surface area contributed by atoms with Crippen LogP contribution in [-0.2, 0) is 16.1 Å². The average molecular weight is 481 g/mol. The van der Waals surface area contributed by atoms with Crippen LogP contribution < -0.4 is 15.0 Å². The molecule has 1 aliphatic rings. The van der Waals surface area contributed by atoms with Gasteiger partial charge >= 0.3 is 5.97 Å². The molecule has 34 heavy (non-hydrogen) atoms. The lowest BCUT2D eigenvalue weighted by molar-refractivity contribution is -0.119. The Hall–Kier alpha value is -3.43. The first-order chi connectivity index (χ1) is 16.6. The average Bonchev–Trinajstić information content (AvgIpc) is 3.41. The molecule has 1 fully saturated rings. The molecule has 0 spiro atoms. The molecular weight excluding hydrogens is 452 g/mol. The van der Waals surface area contributed by atoms with E-state index < -0.39 is 5.97 Å². The number of anilines is 2. The van der Waals surface area contributed by atoms with Gasteiger partial charge in [0.05, 0.1) is 16.8 Å². The molecule has 0 aliphatic carbocycles. The summed E-state index contributed by atoms with van der Waals surface area (Å²) in [6.45, 7) is 7.37. The molecular formula is C25H28N4O4S. The Morgan fingerprint density at radius 3 is 2.41 bits per heavy atom. The van der Waals surface area contributed by atoms with Crippen LogP contribution in [0.25, 0.3) is 0 Å². The molecule has 2 heterocycles. The lowest BCUT2D eigenvalue weighted by Crippen LogP contribution is -2.46. The number of hydrogen-bond donors (Lipinski definition) is 1. The maximum absolute atomic E-state index is 12.3. The van der Waals surface area contributed by atoms with Gasteiger partial charge in [-0.1, -0.05) is 6.92 Å². The fourth-order valence-corrected chi connectivity index (χ4v) is 4.19. The monoisotopic (exact) mass is 480 g/mol. The first-order valence-corrected chi connectivity index (χ1v) is 12.2. The number of carbonyl (C=O) groups excluding carboxylic acids is 2. The summed E-state index contributed by atoms with van der Waals surface area (Å²) in [5.41, 5.74) is 4.75. The van der Waals surface area contributed by atoms with Crippen molar-refractivity contribution in [3.05, 3.63) is 70.7 Å². The molecule has 0 unspecified atom stereocenters. The molecule has 178 valence electrons. The van der Waals surface area contributed by atoms with E-state index in [1.165, 1.54) is 11.3 Å². The second-order valence-electron chi connectivity index (χ2n) is 7.89. The molecule has 1 N–H and O–H groups in total. The van der Waals surface area contributed by atoms with Crippen LogP contribution in [-0.4, -0.2) is 61.1 Å². The molecule has 0 bridgehead atoms.